The van der Waals surface area contributed by atoms with E-state index in [9.17, 15) is 0 Å². The predicted octanol–water partition coefficient (Wildman–Crippen LogP) is 3.21. The van der Waals surface area contributed by atoms with Crippen molar-refractivity contribution in [3.63, 3.8) is 0 Å². The molecule has 0 aliphatic carbocycles. The van der Waals surface area contributed by atoms with Crippen molar-refractivity contribution in [2.24, 2.45) is 5.92 Å². The van der Waals surface area contributed by atoms with Crippen LogP contribution in [0.5, 0.6) is 0 Å². The Morgan fingerprint density at radius 1 is 1.28 bits per heavy atom. The van der Waals surface area contributed by atoms with Crippen molar-refractivity contribution in [2.45, 2.75) is 51.4 Å². The molecule has 1 aromatic carbocycles. The summed E-state index contributed by atoms with van der Waals surface area (Å²) >= 11 is 0. The zero-order valence-electron chi connectivity index (χ0n) is 11.4. The fourth-order valence-electron chi connectivity index (χ4n) is 3.54. The van der Waals surface area contributed by atoms with Crippen LogP contribution in [0, 0.1) is 12.8 Å². The maximum absolute atomic E-state index is 6.02. The standard InChI is InChI=1S/C16H23NO/c1-3-17-16(12-6-4-11(2)5-7-12)14-10-13-8-9-15(14)18-13/h4-7,13-17H,3,8-10H2,1-2H3. The zero-order chi connectivity index (χ0) is 12.5. The van der Waals surface area contributed by atoms with Crippen molar-refractivity contribution < 1.29 is 4.74 Å². The highest BCUT2D eigenvalue weighted by molar-refractivity contribution is 5.25. The molecule has 0 radical (unpaired) electrons. The van der Waals surface area contributed by atoms with E-state index in [4.69, 9.17) is 4.74 Å². The number of aryl methyl sites for hydroxylation is 1. The fourth-order valence-corrected chi connectivity index (χ4v) is 3.54. The van der Waals surface area contributed by atoms with Crippen molar-refractivity contribution in [3.05, 3.63) is 35.4 Å². The molecule has 2 saturated heterocycles. The number of hydrogen-bond acceptors (Lipinski definition) is 2. The van der Waals surface area contributed by atoms with Crippen LogP contribution >= 0.6 is 0 Å². The molecule has 1 aromatic rings. The van der Waals surface area contributed by atoms with Gasteiger partial charge < -0.3 is 10.1 Å². The van der Waals surface area contributed by atoms with E-state index in [0.717, 1.165) is 6.54 Å². The largest absolute Gasteiger partial charge is 0.375 e. The molecule has 2 nitrogen and oxygen atoms in total. The van der Waals surface area contributed by atoms with Gasteiger partial charge in [-0.05, 0) is 38.3 Å². The summed E-state index contributed by atoms with van der Waals surface area (Å²) in [4.78, 5) is 0. The topological polar surface area (TPSA) is 21.3 Å². The van der Waals surface area contributed by atoms with Crippen LogP contribution in [0.15, 0.2) is 24.3 Å². The zero-order valence-corrected chi connectivity index (χ0v) is 11.4. The minimum absolute atomic E-state index is 0.464. The van der Waals surface area contributed by atoms with Gasteiger partial charge in [0.15, 0.2) is 0 Å². The summed E-state index contributed by atoms with van der Waals surface area (Å²) in [5, 5.41) is 3.67. The molecule has 2 aliphatic heterocycles. The summed E-state index contributed by atoms with van der Waals surface area (Å²) < 4.78 is 6.02. The highest BCUT2D eigenvalue weighted by Crippen LogP contribution is 2.44. The average molecular weight is 245 g/mol. The maximum atomic E-state index is 6.02. The first kappa shape index (κ1) is 12.2. The molecule has 3 rings (SSSR count). The minimum atomic E-state index is 0.464. The van der Waals surface area contributed by atoms with Gasteiger partial charge in [-0.25, -0.2) is 0 Å². The van der Waals surface area contributed by atoms with Crippen molar-refractivity contribution in [3.8, 4) is 0 Å². The van der Waals surface area contributed by atoms with Crippen LogP contribution in [0.3, 0.4) is 0 Å². The second kappa shape index (κ2) is 5.02. The van der Waals surface area contributed by atoms with Crippen LogP contribution in [-0.4, -0.2) is 18.8 Å². The molecule has 2 heteroatoms. The monoisotopic (exact) mass is 245 g/mol. The van der Waals surface area contributed by atoms with E-state index >= 15 is 0 Å². The van der Waals surface area contributed by atoms with Gasteiger partial charge in [-0.2, -0.15) is 0 Å². The quantitative estimate of drug-likeness (QED) is 0.879. The van der Waals surface area contributed by atoms with E-state index in [0.29, 0.717) is 24.2 Å². The predicted molar refractivity (Wildman–Crippen MR) is 73.6 cm³/mol. The van der Waals surface area contributed by atoms with Crippen molar-refractivity contribution in [1.29, 1.82) is 0 Å². The van der Waals surface area contributed by atoms with Gasteiger partial charge in [0, 0.05) is 12.0 Å². The summed E-state index contributed by atoms with van der Waals surface area (Å²) in [5.74, 6) is 0.659. The van der Waals surface area contributed by atoms with Gasteiger partial charge in [-0.1, -0.05) is 36.8 Å². The lowest BCUT2D eigenvalue weighted by Gasteiger charge is -2.29. The molecule has 2 aliphatic rings. The molecule has 4 unspecified atom stereocenters. The first-order chi connectivity index (χ1) is 8.78. The third-order valence-electron chi connectivity index (χ3n) is 4.44. The molecule has 1 N–H and O–H groups in total. The van der Waals surface area contributed by atoms with Crippen LogP contribution in [0.25, 0.3) is 0 Å². The van der Waals surface area contributed by atoms with Crippen LogP contribution in [0.4, 0.5) is 0 Å². The van der Waals surface area contributed by atoms with Gasteiger partial charge in [0.25, 0.3) is 0 Å². The second-order valence-corrected chi connectivity index (χ2v) is 5.72. The summed E-state index contributed by atoms with van der Waals surface area (Å²) in [5.41, 5.74) is 2.75. The van der Waals surface area contributed by atoms with E-state index in [1.165, 1.54) is 30.4 Å². The van der Waals surface area contributed by atoms with Gasteiger partial charge in [0.1, 0.15) is 0 Å². The lowest BCUT2D eigenvalue weighted by Crippen LogP contribution is -2.33. The van der Waals surface area contributed by atoms with Gasteiger partial charge >= 0.3 is 0 Å². The molecule has 18 heavy (non-hydrogen) atoms. The molecule has 0 aromatic heterocycles. The third kappa shape index (κ3) is 2.19. The summed E-state index contributed by atoms with van der Waals surface area (Å²) in [7, 11) is 0. The highest BCUT2D eigenvalue weighted by Gasteiger charge is 2.44. The molecule has 2 heterocycles. The highest BCUT2D eigenvalue weighted by atomic mass is 16.5. The third-order valence-corrected chi connectivity index (χ3v) is 4.44. The molecule has 4 atom stereocenters. The van der Waals surface area contributed by atoms with Gasteiger partial charge in [-0.15, -0.1) is 0 Å². The van der Waals surface area contributed by atoms with Crippen LogP contribution in [0.2, 0.25) is 0 Å². The van der Waals surface area contributed by atoms with E-state index in [2.05, 4.69) is 43.4 Å². The summed E-state index contributed by atoms with van der Waals surface area (Å²) in [6, 6.07) is 9.44. The number of fused-ring (bicyclic) bond motifs is 2. The Hall–Kier alpha value is -0.860. The molecule has 0 spiro atoms. The van der Waals surface area contributed by atoms with Crippen molar-refractivity contribution in [1.82, 2.24) is 5.32 Å². The molecule has 0 saturated carbocycles. The smallest absolute Gasteiger partial charge is 0.0627 e. The second-order valence-electron chi connectivity index (χ2n) is 5.72. The molecule has 98 valence electrons. The molecular weight excluding hydrogens is 222 g/mol. The Balaban J connectivity index is 1.81. The lowest BCUT2D eigenvalue weighted by molar-refractivity contribution is 0.0858. The Bertz CT molecular complexity index is 400. The van der Waals surface area contributed by atoms with Crippen molar-refractivity contribution >= 4 is 0 Å². The van der Waals surface area contributed by atoms with Gasteiger partial charge in [-0.3, -0.25) is 0 Å². The van der Waals surface area contributed by atoms with Crippen LogP contribution in [0.1, 0.15) is 43.4 Å². The Morgan fingerprint density at radius 2 is 2.06 bits per heavy atom. The normalized spacial score (nSPS) is 31.8. The average Bonchev–Trinajstić information content (AvgIpc) is 2.99. The fraction of sp³-hybridized carbons (Fsp3) is 0.625. The molecule has 2 fully saturated rings. The number of rotatable bonds is 4. The first-order valence-corrected chi connectivity index (χ1v) is 7.23. The van der Waals surface area contributed by atoms with Gasteiger partial charge in [0.05, 0.1) is 12.2 Å². The van der Waals surface area contributed by atoms with Crippen molar-refractivity contribution in [2.75, 3.05) is 6.54 Å². The summed E-state index contributed by atoms with van der Waals surface area (Å²) in [6.45, 7) is 5.36. The number of ether oxygens (including phenoxy) is 1. The van der Waals surface area contributed by atoms with E-state index < -0.39 is 0 Å². The van der Waals surface area contributed by atoms with E-state index in [1.54, 1.807) is 0 Å². The van der Waals surface area contributed by atoms with Crippen LogP contribution < -0.4 is 5.32 Å². The molecule has 2 bridgehead atoms. The van der Waals surface area contributed by atoms with Crippen LogP contribution in [-0.2, 0) is 4.74 Å². The lowest BCUT2D eigenvalue weighted by atomic mass is 9.81. The number of hydrogen-bond donors (Lipinski definition) is 1. The minimum Gasteiger partial charge on any atom is -0.375 e. The van der Waals surface area contributed by atoms with Gasteiger partial charge in [0.2, 0.25) is 0 Å². The molecule has 0 amide bonds. The van der Waals surface area contributed by atoms with E-state index in [1.807, 2.05) is 0 Å². The Kier molecular flexibility index (Phi) is 3.40. The number of benzene rings is 1. The Morgan fingerprint density at radius 3 is 2.61 bits per heavy atom. The summed E-state index contributed by atoms with van der Waals surface area (Å²) in [6.07, 6.45) is 4.78. The van der Waals surface area contributed by atoms with E-state index in [-0.39, 0.29) is 0 Å². The SMILES string of the molecule is CCNC(c1ccc(C)cc1)C1CC2CCC1O2. The first-order valence-electron chi connectivity index (χ1n) is 7.23. The Labute approximate surface area is 110 Å². The molecular formula is C16H23NO. The maximum Gasteiger partial charge on any atom is 0.0627 e. The number of nitrogens with one attached hydrogen (secondary N) is 1.